The molecule has 1 nitrogen and oxygen atoms in total. The maximum absolute atomic E-state index is 4.56. The van der Waals surface area contributed by atoms with E-state index in [2.05, 4.69) is 94.9 Å². The SMILES string of the molecule is C[PH+](C)CCC[PH+](C)C.Cc1[c-]c(-c2nccc3cc(C)ccc23)cc(C)c1.[Os+]. The van der Waals surface area contributed by atoms with E-state index in [4.69, 9.17) is 0 Å². The first-order chi connectivity index (χ1) is 13.3. The minimum atomic E-state index is 0. The second-order valence-corrected chi connectivity index (χ2v) is 14.2. The van der Waals surface area contributed by atoms with Crippen LogP contribution in [0.25, 0.3) is 22.0 Å². The molecule has 4 heteroatoms. The molecule has 0 aliphatic rings. The summed E-state index contributed by atoms with van der Waals surface area (Å²) in [6, 6.07) is 16.2. The summed E-state index contributed by atoms with van der Waals surface area (Å²) >= 11 is 0. The first-order valence-corrected chi connectivity index (χ1v) is 15.6. The van der Waals surface area contributed by atoms with E-state index in [1.807, 2.05) is 6.20 Å². The predicted molar refractivity (Wildman–Crippen MR) is 135 cm³/mol. The Morgan fingerprint density at radius 2 is 1.48 bits per heavy atom. The monoisotopic (exact) mass is 604 g/mol. The van der Waals surface area contributed by atoms with Gasteiger partial charge in [0, 0.05) is 39.3 Å². The van der Waals surface area contributed by atoms with Crippen molar-refractivity contribution in [3.05, 3.63) is 65.4 Å². The Morgan fingerprint density at radius 3 is 2.07 bits per heavy atom. The van der Waals surface area contributed by atoms with Crippen LogP contribution in [0, 0.1) is 26.8 Å². The van der Waals surface area contributed by atoms with Crippen LogP contribution in [0.15, 0.2) is 42.6 Å². The van der Waals surface area contributed by atoms with E-state index in [-0.39, 0.29) is 35.6 Å². The number of aryl methyl sites for hydroxylation is 3. The van der Waals surface area contributed by atoms with E-state index >= 15 is 0 Å². The molecule has 3 aromatic rings. The Morgan fingerprint density at radius 1 is 0.828 bits per heavy atom. The molecule has 0 bridgehead atoms. The molecular formula is C25H36NOsP2+2. The smallest absolute Gasteiger partial charge is 0.304 e. The van der Waals surface area contributed by atoms with Gasteiger partial charge in [0.05, 0.1) is 12.3 Å². The molecule has 1 aromatic heterocycles. The number of nitrogens with zero attached hydrogens (tertiary/aromatic N) is 1. The van der Waals surface area contributed by atoms with Gasteiger partial charge >= 0.3 is 19.8 Å². The number of rotatable bonds is 5. The molecule has 157 valence electrons. The average molecular weight is 603 g/mol. The molecule has 0 unspecified atom stereocenters. The van der Waals surface area contributed by atoms with Crippen LogP contribution in [0.5, 0.6) is 0 Å². The van der Waals surface area contributed by atoms with E-state index in [9.17, 15) is 0 Å². The second-order valence-electron chi connectivity index (χ2n) is 8.41. The van der Waals surface area contributed by atoms with E-state index in [1.54, 1.807) is 0 Å². The van der Waals surface area contributed by atoms with Gasteiger partial charge in [-0.05, 0) is 45.3 Å². The van der Waals surface area contributed by atoms with Gasteiger partial charge in [-0.1, -0.05) is 37.6 Å². The summed E-state index contributed by atoms with van der Waals surface area (Å²) in [5.74, 6) is 0. The zero-order chi connectivity index (χ0) is 20.7. The van der Waals surface area contributed by atoms with E-state index in [0.717, 1.165) is 16.8 Å². The van der Waals surface area contributed by atoms with Gasteiger partial charge in [0.25, 0.3) is 0 Å². The van der Waals surface area contributed by atoms with E-state index < -0.39 is 0 Å². The van der Waals surface area contributed by atoms with Crippen LogP contribution in [0.2, 0.25) is 0 Å². The van der Waals surface area contributed by atoms with Crippen LogP contribution in [0.4, 0.5) is 0 Å². The third kappa shape index (κ3) is 8.93. The number of pyridine rings is 1. The normalized spacial score (nSPS) is 10.7. The average Bonchev–Trinajstić information content (AvgIpc) is 2.60. The first-order valence-electron chi connectivity index (χ1n) is 10.2. The van der Waals surface area contributed by atoms with Crippen LogP contribution < -0.4 is 0 Å². The number of fused-ring (bicyclic) bond motifs is 1. The van der Waals surface area contributed by atoms with Crippen molar-refractivity contribution in [2.75, 3.05) is 39.0 Å². The van der Waals surface area contributed by atoms with E-state index in [0.29, 0.717) is 0 Å². The first kappa shape index (κ1) is 26.4. The maximum atomic E-state index is 4.56. The fourth-order valence-corrected chi connectivity index (χ4v) is 5.45. The quantitative estimate of drug-likeness (QED) is 0.228. The zero-order valence-electron chi connectivity index (χ0n) is 19.0. The topological polar surface area (TPSA) is 12.9 Å². The fraction of sp³-hybridized carbons (Fsp3) is 0.400. The van der Waals surface area contributed by atoms with E-state index in [1.165, 1.54) is 40.6 Å². The summed E-state index contributed by atoms with van der Waals surface area (Å²) in [5.41, 5.74) is 5.77. The van der Waals surface area contributed by atoms with Crippen molar-refractivity contribution in [2.45, 2.75) is 27.2 Å². The van der Waals surface area contributed by atoms with Crippen molar-refractivity contribution in [1.29, 1.82) is 0 Å². The van der Waals surface area contributed by atoms with Gasteiger partial charge < -0.3 is 4.98 Å². The number of aromatic nitrogens is 1. The van der Waals surface area contributed by atoms with Gasteiger partial charge in [-0.25, -0.2) is 0 Å². The predicted octanol–water partition coefficient (Wildman–Crippen LogP) is 6.95. The van der Waals surface area contributed by atoms with Gasteiger partial charge in [-0.15, -0.1) is 34.9 Å². The molecule has 0 aliphatic heterocycles. The van der Waals surface area contributed by atoms with Crippen molar-refractivity contribution in [2.24, 2.45) is 0 Å². The van der Waals surface area contributed by atoms with Crippen molar-refractivity contribution in [3.63, 3.8) is 0 Å². The van der Waals surface area contributed by atoms with Crippen LogP contribution in [-0.2, 0) is 19.8 Å². The summed E-state index contributed by atoms with van der Waals surface area (Å²) in [6.45, 7) is 15.9. The summed E-state index contributed by atoms with van der Waals surface area (Å²) < 4.78 is 0. The van der Waals surface area contributed by atoms with Crippen molar-refractivity contribution in [3.8, 4) is 11.3 Å². The molecule has 1 heterocycles. The summed E-state index contributed by atoms with van der Waals surface area (Å²) in [7, 11) is 0.172. The third-order valence-electron chi connectivity index (χ3n) is 4.68. The Hall–Kier alpha value is -0.654. The molecule has 3 rings (SSSR count). The molecule has 0 atom stereocenters. The molecule has 1 radical (unpaired) electrons. The Kier molecular flexibility index (Phi) is 11.7. The Bertz CT molecular complexity index is 878. The van der Waals surface area contributed by atoms with Crippen LogP contribution in [-0.4, -0.2) is 44.0 Å². The largest absolute Gasteiger partial charge is 1.00 e. The summed E-state index contributed by atoms with van der Waals surface area (Å²) in [5, 5.41) is 2.42. The minimum Gasteiger partial charge on any atom is -0.304 e. The molecule has 0 amide bonds. The summed E-state index contributed by atoms with van der Waals surface area (Å²) in [6.07, 6.45) is 6.44. The maximum Gasteiger partial charge on any atom is 1.00 e. The second kappa shape index (κ2) is 12.9. The van der Waals surface area contributed by atoms with Gasteiger partial charge in [-0.2, -0.15) is 0 Å². The molecule has 0 saturated carbocycles. The molecule has 0 N–H and O–H groups in total. The van der Waals surface area contributed by atoms with Crippen LogP contribution >= 0.6 is 15.8 Å². The van der Waals surface area contributed by atoms with Gasteiger partial charge in [0.15, 0.2) is 0 Å². The fourth-order valence-electron chi connectivity index (χ4n) is 3.33. The zero-order valence-corrected chi connectivity index (χ0v) is 23.5. The molecule has 0 fully saturated rings. The number of benzene rings is 2. The number of hydrogen-bond donors (Lipinski definition) is 0. The van der Waals surface area contributed by atoms with Crippen molar-refractivity contribution >= 4 is 26.6 Å². The Balaban J connectivity index is 0.000000362. The molecule has 2 aromatic carbocycles. The molecule has 0 saturated heterocycles. The standard InChI is InChI=1S/C18H16N.C7H18P2.Os/c1-12-4-5-17-15(9-12)6-7-19-18(17)16-10-13(2)8-14(3)11-16;1-8(2)6-5-7-9(3)4;/h4-10H,1-3H3;5-7H2,1-4H3;/q-1;;+1/p+2. The van der Waals surface area contributed by atoms with Crippen molar-refractivity contribution < 1.29 is 19.8 Å². The summed E-state index contributed by atoms with van der Waals surface area (Å²) in [4.78, 5) is 4.56. The van der Waals surface area contributed by atoms with Crippen molar-refractivity contribution in [1.82, 2.24) is 4.98 Å². The molecular weight excluding hydrogens is 566 g/mol. The molecule has 0 spiro atoms. The van der Waals surface area contributed by atoms with Crippen LogP contribution in [0.3, 0.4) is 0 Å². The minimum absolute atomic E-state index is 0. The van der Waals surface area contributed by atoms with Gasteiger partial charge in [-0.3, -0.25) is 0 Å². The van der Waals surface area contributed by atoms with Gasteiger partial charge in [0.2, 0.25) is 0 Å². The van der Waals surface area contributed by atoms with Crippen LogP contribution in [0.1, 0.15) is 23.1 Å². The molecule has 29 heavy (non-hydrogen) atoms. The number of hydrogen-bond acceptors (Lipinski definition) is 1. The Labute approximate surface area is 193 Å². The van der Waals surface area contributed by atoms with Gasteiger partial charge in [0.1, 0.15) is 0 Å². The molecule has 0 aliphatic carbocycles. The third-order valence-corrected chi connectivity index (χ3v) is 7.38.